The van der Waals surface area contributed by atoms with Crippen molar-refractivity contribution in [1.29, 1.82) is 0 Å². The van der Waals surface area contributed by atoms with Gasteiger partial charge in [0.15, 0.2) is 0 Å². The van der Waals surface area contributed by atoms with Crippen molar-refractivity contribution >= 4 is 28.4 Å². The summed E-state index contributed by atoms with van der Waals surface area (Å²) < 4.78 is 18.8. The first kappa shape index (κ1) is 14.4. The molecule has 5 heteroatoms. The van der Waals surface area contributed by atoms with Crippen LogP contribution in [0.2, 0.25) is 5.02 Å². The molecule has 0 fully saturated rings. The van der Waals surface area contributed by atoms with Gasteiger partial charge in [0.2, 0.25) is 0 Å². The highest BCUT2D eigenvalue weighted by Crippen LogP contribution is 2.29. The van der Waals surface area contributed by atoms with Crippen LogP contribution in [0.5, 0.6) is 5.75 Å². The molecule has 0 N–H and O–H groups in total. The molecule has 1 aliphatic rings. The molecule has 2 aromatic rings. The minimum atomic E-state index is -0.270. The number of thioether (sulfide) groups is 1. The number of ether oxygens (including phenoxy) is 1. The van der Waals surface area contributed by atoms with Crippen LogP contribution < -0.4 is 4.74 Å². The van der Waals surface area contributed by atoms with E-state index in [9.17, 15) is 4.39 Å². The molecule has 2 aromatic carbocycles. The molecule has 3 rings (SSSR count). The molecule has 0 bridgehead atoms. The number of nitrogens with zero attached hydrogens (tertiary/aromatic N) is 1. The molecule has 0 saturated carbocycles. The number of hydrogen-bond donors (Lipinski definition) is 0. The predicted octanol–water partition coefficient (Wildman–Crippen LogP) is 4.55. The van der Waals surface area contributed by atoms with Gasteiger partial charge in [-0.25, -0.2) is 4.39 Å². The Balaban J connectivity index is 1.71. The number of benzene rings is 2. The fourth-order valence-corrected chi connectivity index (χ4v) is 3.14. The molecular weight excluding hydrogens is 309 g/mol. The normalized spacial score (nSPS) is 14.1. The summed E-state index contributed by atoms with van der Waals surface area (Å²) in [6.07, 6.45) is 0. The van der Waals surface area contributed by atoms with E-state index in [1.807, 2.05) is 24.3 Å². The molecule has 0 radical (unpaired) electrons. The number of rotatable bonds is 4. The molecule has 0 spiro atoms. The summed E-state index contributed by atoms with van der Waals surface area (Å²) >= 11 is 7.97. The fourth-order valence-electron chi connectivity index (χ4n) is 2.05. The molecule has 0 atom stereocenters. The zero-order chi connectivity index (χ0) is 14.7. The SMILES string of the molecule is Fc1cccc(COc2ccc(C3=NCCS3)cc2Cl)c1. The van der Waals surface area contributed by atoms with Crippen molar-refractivity contribution in [3.63, 3.8) is 0 Å². The second kappa shape index (κ2) is 6.50. The second-order valence-corrected chi connectivity index (χ2v) is 6.09. The Kier molecular flexibility index (Phi) is 4.46. The average molecular weight is 322 g/mol. The van der Waals surface area contributed by atoms with Crippen molar-refractivity contribution in [2.24, 2.45) is 4.99 Å². The molecule has 1 heterocycles. The van der Waals surface area contributed by atoms with Crippen LogP contribution in [0.15, 0.2) is 47.5 Å². The highest BCUT2D eigenvalue weighted by Gasteiger charge is 2.12. The van der Waals surface area contributed by atoms with Gasteiger partial charge in [-0.2, -0.15) is 0 Å². The maximum Gasteiger partial charge on any atom is 0.138 e. The smallest absolute Gasteiger partial charge is 0.138 e. The molecule has 108 valence electrons. The Morgan fingerprint density at radius 3 is 2.86 bits per heavy atom. The largest absolute Gasteiger partial charge is 0.487 e. The third-order valence-electron chi connectivity index (χ3n) is 3.05. The van der Waals surface area contributed by atoms with E-state index >= 15 is 0 Å². The zero-order valence-corrected chi connectivity index (χ0v) is 12.8. The maximum atomic E-state index is 13.1. The van der Waals surface area contributed by atoms with Gasteiger partial charge in [-0.15, -0.1) is 11.8 Å². The van der Waals surface area contributed by atoms with Gasteiger partial charge in [-0.1, -0.05) is 23.7 Å². The predicted molar refractivity (Wildman–Crippen MR) is 86.0 cm³/mol. The van der Waals surface area contributed by atoms with Crippen molar-refractivity contribution in [3.8, 4) is 5.75 Å². The van der Waals surface area contributed by atoms with Crippen LogP contribution in [-0.2, 0) is 6.61 Å². The molecule has 2 nitrogen and oxygen atoms in total. The highest BCUT2D eigenvalue weighted by molar-refractivity contribution is 8.14. The summed E-state index contributed by atoms with van der Waals surface area (Å²) in [5, 5.41) is 1.56. The fraction of sp³-hybridized carbons (Fsp3) is 0.188. The minimum Gasteiger partial charge on any atom is -0.487 e. The molecule has 0 aliphatic carbocycles. The standard InChI is InChI=1S/C16H13ClFNOS/c17-14-9-12(16-19-6-7-21-16)4-5-15(14)20-10-11-2-1-3-13(18)8-11/h1-5,8-9H,6-7,10H2. The van der Waals surface area contributed by atoms with E-state index in [2.05, 4.69) is 4.99 Å². The highest BCUT2D eigenvalue weighted by atomic mass is 35.5. The molecule has 1 aliphatic heterocycles. The summed E-state index contributed by atoms with van der Waals surface area (Å²) in [5.41, 5.74) is 1.78. The van der Waals surface area contributed by atoms with Gasteiger partial charge in [0.1, 0.15) is 18.2 Å². The molecule has 0 unspecified atom stereocenters. The van der Waals surface area contributed by atoms with Crippen molar-refractivity contribution in [2.45, 2.75) is 6.61 Å². The summed E-state index contributed by atoms with van der Waals surface area (Å²) in [5.74, 6) is 1.34. The van der Waals surface area contributed by atoms with Crippen LogP contribution >= 0.6 is 23.4 Å². The van der Waals surface area contributed by atoms with Gasteiger partial charge in [0.25, 0.3) is 0 Å². The first-order chi connectivity index (χ1) is 10.2. The van der Waals surface area contributed by atoms with Gasteiger partial charge in [-0.05, 0) is 35.9 Å². The molecule has 0 aromatic heterocycles. The van der Waals surface area contributed by atoms with Crippen molar-refractivity contribution in [2.75, 3.05) is 12.3 Å². The molecule has 0 amide bonds. The van der Waals surface area contributed by atoms with Crippen molar-refractivity contribution in [1.82, 2.24) is 0 Å². The average Bonchev–Trinajstić information content (AvgIpc) is 3.00. The van der Waals surface area contributed by atoms with Gasteiger partial charge in [0.05, 0.1) is 10.1 Å². The summed E-state index contributed by atoms with van der Waals surface area (Å²) in [7, 11) is 0. The van der Waals surface area contributed by atoms with E-state index in [1.54, 1.807) is 17.8 Å². The number of halogens is 2. The first-order valence-electron chi connectivity index (χ1n) is 6.57. The minimum absolute atomic E-state index is 0.270. The van der Waals surface area contributed by atoms with Crippen molar-refractivity contribution in [3.05, 3.63) is 64.4 Å². The molecule has 0 saturated heterocycles. The maximum absolute atomic E-state index is 13.1. The lowest BCUT2D eigenvalue weighted by atomic mass is 10.2. The third kappa shape index (κ3) is 3.57. The quantitative estimate of drug-likeness (QED) is 0.824. The topological polar surface area (TPSA) is 21.6 Å². The van der Waals surface area contributed by atoms with E-state index in [4.69, 9.17) is 16.3 Å². The van der Waals surface area contributed by atoms with Crippen LogP contribution in [0.3, 0.4) is 0 Å². The molecule has 21 heavy (non-hydrogen) atoms. The van der Waals surface area contributed by atoms with Gasteiger partial charge < -0.3 is 4.74 Å². The number of aliphatic imine (C=N–C) groups is 1. The van der Waals surface area contributed by atoms with E-state index in [-0.39, 0.29) is 12.4 Å². The van der Waals surface area contributed by atoms with Crippen LogP contribution in [0.1, 0.15) is 11.1 Å². The zero-order valence-electron chi connectivity index (χ0n) is 11.2. The van der Waals surface area contributed by atoms with E-state index in [0.29, 0.717) is 10.8 Å². The van der Waals surface area contributed by atoms with E-state index < -0.39 is 0 Å². The Bertz CT molecular complexity index is 690. The Hall–Kier alpha value is -1.52. The molecular formula is C16H13ClFNOS. The monoisotopic (exact) mass is 321 g/mol. The van der Waals surface area contributed by atoms with Crippen LogP contribution in [0.4, 0.5) is 4.39 Å². The van der Waals surface area contributed by atoms with E-state index in [1.165, 1.54) is 12.1 Å². The lowest BCUT2D eigenvalue weighted by molar-refractivity contribution is 0.306. The third-order valence-corrected chi connectivity index (χ3v) is 4.37. The van der Waals surface area contributed by atoms with Gasteiger partial charge in [-0.3, -0.25) is 4.99 Å². The second-order valence-electron chi connectivity index (χ2n) is 4.60. The van der Waals surface area contributed by atoms with Crippen LogP contribution in [0.25, 0.3) is 0 Å². The summed E-state index contributed by atoms with van der Waals surface area (Å²) in [6, 6.07) is 12.0. The van der Waals surface area contributed by atoms with Gasteiger partial charge in [0, 0.05) is 17.9 Å². The Morgan fingerprint density at radius 1 is 1.24 bits per heavy atom. The summed E-state index contributed by atoms with van der Waals surface area (Å²) in [4.78, 5) is 4.42. The Labute approximate surface area is 132 Å². The van der Waals surface area contributed by atoms with Gasteiger partial charge >= 0.3 is 0 Å². The lowest BCUT2D eigenvalue weighted by Crippen LogP contribution is -1.98. The van der Waals surface area contributed by atoms with Crippen molar-refractivity contribution < 1.29 is 9.13 Å². The Morgan fingerprint density at radius 2 is 2.14 bits per heavy atom. The van der Waals surface area contributed by atoms with Crippen LogP contribution in [-0.4, -0.2) is 17.3 Å². The lowest BCUT2D eigenvalue weighted by Gasteiger charge is -2.09. The van der Waals surface area contributed by atoms with Crippen LogP contribution in [0, 0.1) is 5.82 Å². The summed E-state index contributed by atoms with van der Waals surface area (Å²) in [6.45, 7) is 1.14. The van der Waals surface area contributed by atoms with E-state index in [0.717, 1.165) is 28.5 Å². The number of hydrogen-bond acceptors (Lipinski definition) is 3. The first-order valence-corrected chi connectivity index (χ1v) is 7.93.